The van der Waals surface area contributed by atoms with Gasteiger partial charge in [-0.2, -0.15) is 0 Å². The van der Waals surface area contributed by atoms with Gasteiger partial charge in [0.2, 0.25) is 0 Å². The predicted octanol–water partition coefficient (Wildman–Crippen LogP) is 3.35. The van der Waals surface area contributed by atoms with Gasteiger partial charge in [0.15, 0.2) is 0 Å². The number of hydrogen-bond acceptors (Lipinski definition) is 2. The van der Waals surface area contributed by atoms with Crippen molar-refractivity contribution in [2.24, 2.45) is 0 Å². The van der Waals surface area contributed by atoms with Gasteiger partial charge in [0.1, 0.15) is 0 Å². The number of benzene rings is 1. The van der Waals surface area contributed by atoms with Gasteiger partial charge >= 0.3 is 0 Å². The second kappa shape index (κ2) is 5.30. The number of halogens is 1. The van der Waals surface area contributed by atoms with E-state index in [9.17, 15) is 0 Å². The molecule has 0 fully saturated rings. The van der Waals surface area contributed by atoms with E-state index in [0.717, 1.165) is 10.7 Å². The lowest BCUT2D eigenvalue weighted by atomic mass is 10.0. The summed E-state index contributed by atoms with van der Waals surface area (Å²) >= 11 is 5.90. The van der Waals surface area contributed by atoms with Gasteiger partial charge in [-0.1, -0.05) is 29.8 Å². The molecular weight excluding hydrogens is 232 g/mol. The standard InChI is InChI=1S/C14H15ClN2/c1-10-4-3-9-17-13(10)14(16-2)11-5-7-12(15)8-6-11/h3-9,14,16H,1-2H3. The van der Waals surface area contributed by atoms with Crippen LogP contribution in [0.25, 0.3) is 0 Å². The Bertz CT molecular complexity index is 494. The first-order chi connectivity index (χ1) is 8.22. The minimum absolute atomic E-state index is 0.105. The van der Waals surface area contributed by atoms with Crippen LogP contribution in [-0.4, -0.2) is 12.0 Å². The highest BCUT2D eigenvalue weighted by Crippen LogP contribution is 2.23. The van der Waals surface area contributed by atoms with Gasteiger partial charge in [-0.05, 0) is 43.3 Å². The molecule has 2 aromatic rings. The van der Waals surface area contributed by atoms with Gasteiger partial charge in [-0.25, -0.2) is 0 Å². The highest BCUT2D eigenvalue weighted by molar-refractivity contribution is 6.30. The molecule has 1 heterocycles. The Morgan fingerprint density at radius 3 is 2.47 bits per heavy atom. The van der Waals surface area contributed by atoms with E-state index in [1.807, 2.05) is 43.6 Å². The Morgan fingerprint density at radius 2 is 1.88 bits per heavy atom. The van der Waals surface area contributed by atoms with Crippen molar-refractivity contribution in [3.63, 3.8) is 0 Å². The first-order valence-electron chi connectivity index (χ1n) is 5.56. The van der Waals surface area contributed by atoms with Crippen molar-refractivity contribution in [3.8, 4) is 0 Å². The molecule has 1 aromatic carbocycles. The smallest absolute Gasteiger partial charge is 0.0751 e. The molecule has 0 aliphatic heterocycles. The third kappa shape index (κ3) is 2.65. The summed E-state index contributed by atoms with van der Waals surface area (Å²) in [4.78, 5) is 4.45. The summed E-state index contributed by atoms with van der Waals surface area (Å²) in [5.74, 6) is 0. The van der Waals surface area contributed by atoms with Gasteiger partial charge in [0.25, 0.3) is 0 Å². The SMILES string of the molecule is CNC(c1ccc(Cl)cc1)c1ncccc1C. The molecule has 3 heteroatoms. The summed E-state index contributed by atoms with van der Waals surface area (Å²) in [5.41, 5.74) is 3.40. The quantitative estimate of drug-likeness (QED) is 0.899. The molecule has 1 atom stereocenters. The molecule has 0 bridgehead atoms. The summed E-state index contributed by atoms with van der Waals surface area (Å²) in [6.45, 7) is 2.07. The summed E-state index contributed by atoms with van der Waals surface area (Å²) in [7, 11) is 1.94. The van der Waals surface area contributed by atoms with Crippen LogP contribution in [0.2, 0.25) is 5.02 Å². The number of aromatic nitrogens is 1. The molecule has 0 saturated carbocycles. The van der Waals surface area contributed by atoms with E-state index in [1.165, 1.54) is 11.1 Å². The van der Waals surface area contributed by atoms with Gasteiger partial charge in [0.05, 0.1) is 11.7 Å². The maximum Gasteiger partial charge on any atom is 0.0751 e. The van der Waals surface area contributed by atoms with Crippen LogP contribution in [0.1, 0.15) is 22.9 Å². The lowest BCUT2D eigenvalue weighted by Crippen LogP contribution is -2.19. The van der Waals surface area contributed by atoms with E-state index in [2.05, 4.69) is 23.3 Å². The van der Waals surface area contributed by atoms with Crippen LogP contribution in [0.15, 0.2) is 42.6 Å². The van der Waals surface area contributed by atoms with Gasteiger partial charge < -0.3 is 5.32 Å². The van der Waals surface area contributed by atoms with Crippen molar-refractivity contribution in [2.45, 2.75) is 13.0 Å². The highest BCUT2D eigenvalue weighted by atomic mass is 35.5. The fourth-order valence-electron chi connectivity index (χ4n) is 1.92. The van der Waals surface area contributed by atoms with Crippen molar-refractivity contribution >= 4 is 11.6 Å². The number of rotatable bonds is 3. The molecule has 0 amide bonds. The molecule has 88 valence electrons. The van der Waals surface area contributed by atoms with Crippen molar-refractivity contribution < 1.29 is 0 Å². The number of aryl methyl sites for hydroxylation is 1. The molecule has 2 rings (SSSR count). The Morgan fingerprint density at radius 1 is 1.18 bits per heavy atom. The molecule has 2 nitrogen and oxygen atoms in total. The molecule has 0 radical (unpaired) electrons. The summed E-state index contributed by atoms with van der Waals surface area (Å²) < 4.78 is 0. The van der Waals surface area contributed by atoms with E-state index < -0.39 is 0 Å². The average Bonchev–Trinajstić information content (AvgIpc) is 2.35. The molecule has 0 spiro atoms. The van der Waals surface area contributed by atoms with Crippen LogP contribution < -0.4 is 5.32 Å². The largest absolute Gasteiger partial charge is 0.308 e. The first kappa shape index (κ1) is 12.1. The van der Waals surface area contributed by atoms with E-state index in [0.29, 0.717) is 0 Å². The van der Waals surface area contributed by atoms with Crippen molar-refractivity contribution in [3.05, 3.63) is 64.4 Å². The van der Waals surface area contributed by atoms with Gasteiger partial charge in [-0.3, -0.25) is 4.98 Å². The Hall–Kier alpha value is -1.38. The number of pyridine rings is 1. The fraction of sp³-hybridized carbons (Fsp3) is 0.214. The average molecular weight is 247 g/mol. The second-order valence-corrected chi connectivity index (χ2v) is 4.42. The highest BCUT2D eigenvalue weighted by Gasteiger charge is 2.14. The Balaban J connectivity index is 2.40. The van der Waals surface area contributed by atoms with Crippen LogP contribution in [0.4, 0.5) is 0 Å². The zero-order valence-electron chi connectivity index (χ0n) is 9.94. The normalized spacial score (nSPS) is 12.4. The first-order valence-corrected chi connectivity index (χ1v) is 5.94. The minimum Gasteiger partial charge on any atom is -0.308 e. The van der Waals surface area contributed by atoms with E-state index in [4.69, 9.17) is 11.6 Å². The topological polar surface area (TPSA) is 24.9 Å². The van der Waals surface area contributed by atoms with Crippen molar-refractivity contribution in [1.29, 1.82) is 0 Å². The Kier molecular flexibility index (Phi) is 3.77. The maximum absolute atomic E-state index is 5.90. The van der Waals surface area contributed by atoms with Crippen LogP contribution in [-0.2, 0) is 0 Å². The van der Waals surface area contributed by atoms with Crippen LogP contribution >= 0.6 is 11.6 Å². The van der Waals surface area contributed by atoms with Crippen molar-refractivity contribution in [1.82, 2.24) is 10.3 Å². The Labute approximate surface area is 107 Å². The minimum atomic E-state index is 0.105. The third-order valence-electron chi connectivity index (χ3n) is 2.82. The van der Waals surface area contributed by atoms with Gasteiger partial charge in [0, 0.05) is 11.2 Å². The maximum atomic E-state index is 5.90. The van der Waals surface area contributed by atoms with Crippen LogP contribution in [0.5, 0.6) is 0 Å². The molecule has 1 N–H and O–H groups in total. The number of hydrogen-bond donors (Lipinski definition) is 1. The number of nitrogens with one attached hydrogen (secondary N) is 1. The molecule has 1 aromatic heterocycles. The van der Waals surface area contributed by atoms with Gasteiger partial charge in [-0.15, -0.1) is 0 Å². The summed E-state index contributed by atoms with van der Waals surface area (Å²) in [6.07, 6.45) is 1.82. The molecular formula is C14H15ClN2. The number of nitrogens with zero attached hydrogens (tertiary/aromatic N) is 1. The van der Waals surface area contributed by atoms with E-state index in [1.54, 1.807) is 0 Å². The fourth-order valence-corrected chi connectivity index (χ4v) is 2.04. The zero-order valence-corrected chi connectivity index (χ0v) is 10.7. The molecule has 0 aliphatic rings. The van der Waals surface area contributed by atoms with Crippen LogP contribution in [0.3, 0.4) is 0 Å². The van der Waals surface area contributed by atoms with E-state index >= 15 is 0 Å². The molecule has 17 heavy (non-hydrogen) atoms. The molecule has 1 unspecified atom stereocenters. The van der Waals surface area contributed by atoms with Crippen LogP contribution in [0, 0.1) is 6.92 Å². The summed E-state index contributed by atoms with van der Waals surface area (Å²) in [6, 6.07) is 12.0. The van der Waals surface area contributed by atoms with E-state index in [-0.39, 0.29) is 6.04 Å². The zero-order chi connectivity index (χ0) is 12.3. The summed E-state index contributed by atoms with van der Waals surface area (Å²) in [5, 5.41) is 4.04. The van der Waals surface area contributed by atoms with Crippen molar-refractivity contribution in [2.75, 3.05) is 7.05 Å². The second-order valence-electron chi connectivity index (χ2n) is 3.98. The lowest BCUT2D eigenvalue weighted by molar-refractivity contribution is 0.666. The molecule has 0 aliphatic carbocycles. The lowest BCUT2D eigenvalue weighted by Gasteiger charge is -2.18. The molecule has 0 saturated heterocycles. The third-order valence-corrected chi connectivity index (χ3v) is 3.07. The predicted molar refractivity (Wildman–Crippen MR) is 71.3 cm³/mol. The monoisotopic (exact) mass is 246 g/mol.